The molecule has 3 aromatic carbocycles. The topological polar surface area (TPSA) is 104 Å². The summed E-state index contributed by atoms with van der Waals surface area (Å²) in [6.45, 7) is 0.191. The Morgan fingerprint density at radius 3 is 2.00 bits per heavy atom. The van der Waals surface area contributed by atoms with E-state index in [1.54, 1.807) is 73.8 Å². The lowest BCUT2D eigenvalue weighted by molar-refractivity contribution is -0.140. The molecule has 1 amide bonds. The zero-order valence-electron chi connectivity index (χ0n) is 21.6. The maximum atomic E-state index is 13.4. The Kier molecular flexibility index (Phi) is 8.06. The summed E-state index contributed by atoms with van der Waals surface area (Å²) in [7, 11) is 5.99. The standard InChI is InChI=1S/C29H29NO8/c1-34-19-11-13-20(14-12-19)38-16-15-30-26(18-7-5-8-21(17-18)35-2)25(28(32)29(30)33)27(31)24-22(36-3)9-6-10-23(24)37-4/h5-14,17,26,31H,15-16H2,1-4H3/b27-25+. The van der Waals surface area contributed by atoms with E-state index in [1.807, 2.05) is 0 Å². The number of ether oxygens (including phenoxy) is 5. The van der Waals surface area contributed by atoms with Gasteiger partial charge in [-0.3, -0.25) is 9.59 Å². The van der Waals surface area contributed by atoms with Crippen molar-refractivity contribution in [3.05, 3.63) is 83.4 Å². The molecule has 9 heteroatoms. The maximum Gasteiger partial charge on any atom is 0.295 e. The molecular weight excluding hydrogens is 490 g/mol. The van der Waals surface area contributed by atoms with Gasteiger partial charge in [-0.15, -0.1) is 0 Å². The van der Waals surface area contributed by atoms with Crippen LogP contribution in [0.4, 0.5) is 0 Å². The Morgan fingerprint density at radius 1 is 0.789 bits per heavy atom. The largest absolute Gasteiger partial charge is 0.506 e. The van der Waals surface area contributed by atoms with Crippen molar-refractivity contribution in [1.29, 1.82) is 0 Å². The van der Waals surface area contributed by atoms with E-state index in [4.69, 9.17) is 23.7 Å². The highest BCUT2D eigenvalue weighted by Gasteiger charge is 2.46. The Hall–Kier alpha value is -4.66. The van der Waals surface area contributed by atoms with Crippen LogP contribution in [0.1, 0.15) is 17.2 Å². The van der Waals surface area contributed by atoms with Crippen molar-refractivity contribution in [2.24, 2.45) is 0 Å². The second-order valence-corrected chi connectivity index (χ2v) is 8.33. The Labute approximate surface area is 220 Å². The molecule has 1 saturated heterocycles. The molecule has 0 saturated carbocycles. The summed E-state index contributed by atoms with van der Waals surface area (Å²) in [6, 6.07) is 18.1. The fourth-order valence-electron chi connectivity index (χ4n) is 4.42. The van der Waals surface area contributed by atoms with E-state index < -0.39 is 23.5 Å². The number of rotatable bonds is 10. The number of aliphatic hydroxyl groups is 1. The average molecular weight is 520 g/mol. The number of nitrogens with zero attached hydrogens (tertiary/aromatic N) is 1. The average Bonchev–Trinajstić information content (AvgIpc) is 3.21. The van der Waals surface area contributed by atoms with E-state index in [0.717, 1.165) is 0 Å². The molecule has 198 valence electrons. The van der Waals surface area contributed by atoms with Gasteiger partial charge in [-0.2, -0.15) is 0 Å². The summed E-state index contributed by atoms with van der Waals surface area (Å²) in [6.07, 6.45) is 0. The van der Waals surface area contributed by atoms with Crippen LogP contribution in [-0.2, 0) is 9.59 Å². The van der Waals surface area contributed by atoms with Crippen molar-refractivity contribution in [3.63, 3.8) is 0 Å². The first-order valence-corrected chi connectivity index (χ1v) is 11.8. The van der Waals surface area contributed by atoms with Crippen LogP contribution in [0.5, 0.6) is 28.7 Å². The minimum Gasteiger partial charge on any atom is -0.506 e. The van der Waals surface area contributed by atoms with Gasteiger partial charge in [0, 0.05) is 0 Å². The van der Waals surface area contributed by atoms with Gasteiger partial charge in [-0.05, 0) is 54.1 Å². The smallest absolute Gasteiger partial charge is 0.295 e. The molecule has 1 atom stereocenters. The lowest BCUT2D eigenvalue weighted by Gasteiger charge is -2.26. The second kappa shape index (κ2) is 11.6. The normalized spacial score (nSPS) is 16.3. The Bertz CT molecular complexity index is 1330. The Morgan fingerprint density at radius 2 is 1.39 bits per heavy atom. The van der Waals surface area contributed by atoms with Crippen LogP contribution in [0.15, 0.2) is 72.3 Å². The lowest BCUT2D eigenvalue weighted by Crippen LogP contribution is -2.33. The van der Waals surface area contributed by atoms with Crippen LogP contribution >= 0.6 is 0 Å². The minimum absolute atomic E-state index is 0.0817. The van der Waals surface area contributed by atoms with Gasteiger partial charge in [0.15, 0.2) is 0 Å². The molecule has 3 aromatic rings. The third-order valence-corrected chi connectivity index (χ3v) is 6.27. The summed E-state index contributed by atoms with van der Waals surface area (Å²) in [5.41, 5.74) is 0.678. The van der Waals surface area contributed by atoms with Gasteiger partial charge >= 0.3 is 0 Å². The molecule has 1 fully saturated rings. The number of aliphatic hydroxyl groups excluding tert-OH is 1. The van der Waals surface area contributed by atoms with Crippen molar-refractivity contribution in [1.82, 2.24) is 4.90 Å². The molecule has 1 aliphatic heterocycles. The maximum absolute atomic E-state index is 13.4. The fourth-order valence-corrected chi connectivity index (χ4v) is 4.42. The van der Waals surface area contributed by atoms with Crippen LogP contribution < -0.4 is 23.7 Å². The first kappa shape index (κ1) is 26.4. The second-order valence-electron chi connectivity index (χ2n) is 8.33. The third kappa shape index (κ3) is 5.08. The molecule has 0 radical (unpaired) electrons. The van der Waals surface area contributed by atoms with E-state index in [0.29, 0.717) is 34.3 Å². The Balaban J connectivity index is 1.76. The van der Waals surface area contributed by atoms with E-state index in [9.17, 15) is 14.7 Å². The molecule has 1 aliphatic rings. The molecule has 0 aliphatic carbocycles. The molecule has 1 N–H and O–H groups in total. The predicted molar refractivity (Wildman–Crippen MR) is 140 cm³/mol. The molecule has 0 spiro atoms. The van der Waals surface area contributed by atoms with Crippen LogP contribution in [0.3, 0.4) is 0 Å². The van der Waals surface area contributed by atoms with E-state index in [2.05, 4.69) is 0 Å². The number of likely N-dealkylation sites (tertiary alicyclic amines) is 1. The van der Waals surface area contributed by atoms with Gasteiger partial charge in [-0.1, -0.05) is 18.2 Å². The molecule has 1 heterocycles. The van der Waals surface area contributed by atoms with Gasteiger partial charge < -0.3 is 33.7 Å². The number of benzene rings is 3. The van der Waals surface area contributed by atoms with Crippen LogP contribution in [0, 0.1) is 0 Å². The number of carbonyl (C=O) groups excluding carboxylic acids is 2. The third-order valence-electron chi connectivity index (χ3n) is 6.27. The highest BCUT2D eigenvalue weighted by Crippen LogP contribution is 2.43. The van der Waals surface area contributed by atoms with Gasteiger partial charge in [0.05, 0.1) is 46.6 Å². The summed E-state index contributed by atoms with van der Waals surface area (Å²) in [4.78, 5) is 28.1. The summed E-state index contributed by atoms with van der Waals surface area (Å²) < 4.78 is 27.2. The van der Waals surface area contributed by atoms with Crippen molar-refractivity contribution in [2.75, 3.05) is 41.6 Å². The van der Waals surface area contributed by atoms with Crippen molar-refractivity contribution < 1.29 is 38.4 Å². The summed E-state index contributed by atoms with van der Waals surface area (Å²) in [5, 5.41) is 11.5. The summed E-state index contributed by atoms with van der Waals surface area (Å²) >= 11 is 0. The van der Waals surface area contributed by atoms with Crippen LogP contribution in [0.2, 0.25) is 0 Å². The number of carbonyl (C=O) groups is 2. The van der Waals surface area contributed by atoms with Crippen molar-refractivity contribution in [2.45, 2.75) is 6.04 Å². The highest BCUT2D eigenvalue weighted by molar-refractivity contribution is 6.46. The monoisotopic (exact) mass is 519 g/mol. The zero-order valence-corrected chi connectivity index (χ0v) is 21.6. The molecule has 0 aromatic heterocycles. The quantitative estimate of drug-likeness (QED) is 0.241. The van der Waals surface area contributed by atoms with E-state index >= 15 is 0 Å². The fraction of sp³-hybridized carbons (Fsp3) is 0.241. The molecule has 4 rings (SSSR count). The number of ketones is 1. The number of hydrogen-bond donors (Lipinski definition) is 1. The molecule has 0 bridgehead atoms. The summed E-state index contributed by atoms with van der Waals surface area (Å²) in [5.74, 6) is 0.410. The SMILES string of the molecule is COc1ccc(OCCN2C(=O)C(=O)/C(=C(/O)c3c(OC)cccc3OC)C2c2cccc(OC)c2)cc1. The van der Waals surface area contributed by atoms with E-state index in [1.165, 1.54) is 26.2 Å². The zero-order chi connectivity index (χ0) is 27.2. The number of Topliss-reactive ketones (excluding diaryl/α,β-unsaturated/α-hetero) is 1. The van der Waals surface area contributed by atoms with Crippen LogP contribution in [-0.4, -0.2) is 63.3 Å². The molecule has 9 nitrogen and oxygen atoms in total. The number of methoxy groups -OCH3 is 4. The van der Waals surface area contributed by atoms with Gasteiger partial charge in [0.2, 0.25) is 0 Å². The van der Waals surface area contributed by atoms with Crippen molar-refractivity contribution in [3.8, 4) is 28.7 Å². The predicted octanol–water partition coefficient (Wildman–Crippen LogP) is 4.22. The first-order chi connectivity index (χ1) is 18.4. The number of hydrogen-bond acceptors (Lipinski definition) is 8. The van der Waals surface area contributed by atoms with Gasteiger partial charge in [-0.25, -0.2) is 0 Å². The van der Waals surface area contributed by atoms with Gasteiger partial charge in [0.1, 0.15) is 46.7 Å². The first-order valence-electron chi connectivity index (χ1n) is 11.8. The highest BCUT2D eigenvalue weighted by atomic mass is 16.5. The van der Waals surface area contributed by atoms with E-state index in [-0.39, 0.29) is 24.3 Å². The minimum atomic E-state index is -0.904. The number of amides is 1. The molecule has 38 heavy (non-hydrogen) atoms. The molecule has 1 unspecified atom stereocenters. The lowest BCUT2D eigenvalue weighted by atomic mass is 9.94. The van der Waals surface area contributed by atoms with Crippen LogP contribution in [0.25, 0.3) is 5.76 Å². The molecular formula is C29H29NO8. The van der Waals surface area contributed by atoms with Gasteiger partial charge in [0.25, 0.3) is 11.7 Å². The van der Waals surface area contributed by atoms with Crippen molar-refractivity contribution >= 4 is 17.4 Å².